The standard InChI is InChI=1S/C36H43N3O3/c1-25-34(42-21-17-36(25,2)37)22-26-6-11-31(12-7-26)38-35(40)29-16-20-41-33-15-10-28(23-30(33)24-29)27-8-13-32(14-9-27)39-18-4-3-5-19-39/h6-15,23-25,34H,3-5,16-22,37H2,1-2H3,(H,38,40). The lowest BCUT2D eigenvalue weighted by Gasteiger charge is -2.42. The highest BCUT2D eigenvalue weighted by atomic mass is 16.5. The minimum absolute atomic E-state index is 0.0985. The van der Waals surface area contributed by atoms with Gasteiger partial charge in [0.1, 0.15) is 5.75 Å². The predicted molar refractivity (Wildman–Crippen MR) is 171 cm³/mol. The van der Waals surface area contributed by atoms with Gasteiger partial charge in [0.25, 0.3) is 5.91 Å². The number of anilines is 2. The van der Waals surface area contributed by atoms with Gasteiger partial charge in [0.15, 0.2) is 0 Å². The van der Waals surface area contributed by atoms with E-state index in [0.29, 0.717) is 25.2 Å². The molecule has 3 heterocycles. The molecule has 42 heavy (non-hydrogen) atoms. The van der Waals surface area contributed by atoms with Gasteiger partial charge in [-0.15, -0.1) is 0 Å². The van der Waals surface area contributed by atoms with E-state index in [1.165, 1.54) is 30.5 Å². The molecule has 1 amide bonds. The molecule has 3 unspecified atom stereocenters. The van der Waals surface area contributed by atoms with Gasteiger partial charge in [-0.1, -0.05) is 37.3 Å². The highest BCUT2D eigenvalue weighted by molar-refractivity contribution is 6.07. The van der Waals surface area contributed by atoms with Crippen molar-refractivity contribution < 1.29 is 14.3 Å². The molecule has 0 bridgehead atoms. The Balaban J connectivity index is 1.13. The van der Waals surface area contributed by atoms with Crippen molar-refractivity contribution in [1.29, 1.82) is 0 Å². The van der Waals surface area contributed by atoms with Gasteiger partial charge in [-0.25, -0.2) is 0 Å². The number of rotatable bonds is 6. The van der Waals surface area contributed by atoms with Gasteiger partial charge in [0, 0.05) is 60.1 Å². The molecule has 0 aromatic heterocycles. The van der Waals surface area contributed by atoms with Crippen molar-refractivity contribution in [2.45, 2.75) is 64.0 Å². The van der Waals surface area contributed by atoms with Crippen molar-refractivity contribution in [2.24, 2.45) is 11.7 Å². The number of amides is 1. The van der Waals surface area contributed by atoms with Gasteiger partial charge in [-0.05, 0) is 98.2 Å². The van der Waals surface area contributed by atoms with E-state index in [2.05, 4.69) is 72.6 Å². The summed E-state index contributed by atoms with van der Waals surface area (Å²) in [5, 5.41) is 3.09. The average molecular weight is 566 g/mol. The monoisotopic (exact) mass is 565 g/mol. The number of benzene rings is 3. The summed E-state index contributed by atoms with van der Waals surface area (Å²) in [6, 6.07) is 23.1. The van der Waals surface area contributed by atoms with E-state index in [-0.39, 0.29) is 23.5 Å². The van der Waals surface area contributed by atoms with Crippen LogP contribution in [0.4, 0.5) is 11.4 Å². The Morgan fingerprint density at radius 2 is 1.71 bits per heavy atom. The highest BCUT2D eigenvalue weighted by Crippen LogP contribution is 2.33. The first-order valence-corrected chi connectivity index (χ1v) is 15.5. The summed E-state index contributed by atoms with van der Waals surface area (Å²) in [5.41, 5.74) is 13.4. The van der Waals surface area contributed by atoms with Crippen molar-refractivity contribution in [2.75, 3.05) is 36.5 Å². The zero-order valence-electron chi connectivity index (χ0n) is 24.9. The zero-order chi connectivity index (χ0) is 29.1. The van der Waals surface area contributed by atoms with Gasteiger partial charge in [-0.2, -0.15) is 0 Å². The number of piperidine rings is 1. The maximum absolute atomic E-state index is 13.3. The van der Waals surface area contributed by atoms with Crippen LogP contribution in [0.2, 0.25) is 0 Å². The van der Waals surface area contributed by atoms with Crippen molar-refractivity contribution in [1.82, 2.24) is 0 Å². The van der Waals surface area contributed by atoms with Crippen LogP contribution in [0.1, 0.15) is 57.1 Å². The number of hydrogen-bond acceptors (Lipinski definition) is 5. The van der Waals surface area contributed by atoms with Crippen LogP contribution >= 0.6 is 0 Å². The molecule has 6 heteroatoms. The molecule has 3 N–H and O–H groups in total. The van der Waals surface area contributed by atoms with Crippen molar-refractivity contribution in [3.63, 3.8) is 0 Å². The molecule has 0 aliphatic carbocycles. The Bertz CT molecular complexity index is 1420. The summed E-state index contributed by atoms with van der Waals surface area (Å²) in [4.78, 5) is 15.8. The zero-order valence-corrected chi connectivity index (χ0v) is 24.9. The number of ether oxygens (including phenoxy) is 2. The second-order valence-corrected chi connectivity index (χ2v) is 12.4. The van der Waals surface area contributed by atoms with Gasteiger partial charge in [0.05, 0.1) is 12.7 Å². The maximum atomic E-state index is 13.3. The number of carbonyl (C=O) groups excluding carboxylic acids is 1. The summed E-state index contributed by atoms with van der Waals surface area (Å²) in [7, 11) is 0. The predicted octanol–water partition coefficient (Wildman–Crippen LogP) is 6.83. The number of nitrogens with one attached hydrogen (secondary N) is 1. The van der Waals surface area contributed by atoms with Crippen LogP contribution in [0.5, 0.6) is 5.75 Å². The third-order valence-electron chi connectivity index (χ3n) is 9.40. The van der Waals surface area contributed by atoms with Gasteiger partial charge < -0.3 is 25.4 Å². The Hall–Kier alpha value is -3.61. The van der Waals surface area contributed by atoms with Gasteiger partial charge in [0.2, 0.25) is 0 Å². The van der Waals surface area contributed by atoms with E-state index >= 15 is 0 Å². The van der Waals surface area contributed by atoms with E-state index in [1.54, 1.807) is 0 Å². The number of hydrogen-bond donors (Lipinski definition) is 2. The smallest absolute Gasteiger partial charge is 0.251 e. The summed E-state index contributed by atoms with van der Waals surface area (Å²) in [6.07, 6.45) is 8.18. The summed E-state index contributed by atoms with van der Waals surface area (Å²) in [6.45, 7) is 7.73. The second kappa shape index (κ2) is 12.3. The fourth-order valence-electron chi connectivity index (χ4n) is 6.33. The van der Waals surface area contributed by atoms with Crippen LogP contribution in [-0.4, -0.2) is 43.9 Å². The van der Waals surface area contributed by atoms with Crippen molar-refractivity contribution in [3.8, 4) is 16.9 Å². The average Bonchev–Trinajstić information content (AvgIpc) is 3.23. The molecule has 0 radical (unpaired) electrons. The number of fused-ring (bicyclic) bond motifs is 1. The fourth-order valence-corrected chi connectivity index (χ4v) is 6.33. The minimum atomic E-state index is -0.205. The Morgan fingerprint density at radius 1 is 0.976 bits per heavy atom. The van der Waals surface area contributed by atoms with Crippen molar-refractivity contribution in [3.05, 3.63) is 83.4 Å². The lowest BCUT2D eigenvalue weighted by atomic mass is 9.78. The third kappa shape index (κ3) is 6.40. The first kappa shape index (κ1) is 28.5. The third-order valence-corrected chi connectivity index (χ3v) is 9.40. The lowest BCUT2D eigenvalue weighted by molar-refractivity contribution is -0.113. The molecule has 3 aromatic carbocycles. The molecule has 2 saturated heterocycles. The van der Waals surface area contributed by atoms with Crippen LogP contribution < -0.4 is 20.7 Å². The first-order chi connectivity index (χ1) is 20.4. The van der Waals surface area contributed by atoms with Crippen LogP contribution in [-0.2, 0) is 16.0 Å². The molecule has 3 aromatic rings. The summed E-state index contributed by atoms with van der Waals surface area (Å²) in [5.74, 6) is 0.986. The molecule has 0 spiro atoms. The molecule has 6 nitrogen and oxygen atoms in total. The number of nitrogens with zero attached hydrogens (tertiary/aromatic N) is 1. The topological polar surface area (TPSA) is 76.8 Å². The van der Waals surface area contributed by atoms with E-state index in [4.69, 9.17) is 15.2 Å². The number of carbonyl (C=O) groups is 1. The van der Waals surface area contributed by atoms with E-state index in [9.17, 15) is 4.79 Å². The van der Waals surface area contributed by atoms with Crippen LogP contribution in [0.3, 0.4) is 0 Å². The maximum Gasteiger partial charge on any atom is 0.251 e. The van der Waals surface area contributed by atoms with Gasteiger partial charge >= 0.3 is 0 Å². The first-order valence-electron chi connectivity index (χ1n) is 15.5. The van der Waals surface area contributed by atoms with Crippen LogP contribution in [0.25, 0.3) is 17.2 Å². The Morgan fingerprint density at radius 3 is 2.48 bits per heavy atom. The van der Waals surface area contributed by atoms with E-state index in [1.807, 2.05) is 24.3 Å². The van der Waals surface area contributed by atoms with E-state index in [0.717, 1.165) is 54.1 Å². The van der Waals surface area contributed by atoms with E-state index < -0.39 is 0 Å². The molecular weight excluding hydrogens is 522 g/mol. The highest BCUT2D eigenvalue weighted by Gasteiger charge is 2.37. The molecule has 2 fully saturated rings. The Labute approximate surface area is 249 Å². The number of nitrogens with two attached hydrogens (primary N) is 1. The molecule has 3 atom stereocenters. The molecule has 6 rings (SSSR count). The molecule has 0 saturated carbocycles. The minimum Gasteiger partial charge on any atom is -0.493 e. The molecule has 220 valence electrons. The molecular formula is C36H43N3O3. The molecule has 3 aliphatic heterocycles. The van der Waals surface area contributed by atoms with Gasteiger partial charge in [-0.3, -0.25) is 4.79 Å². The van der Waals surface area contributed by atoms with Crippen LogP contribution in [0.15, 0.2) is 72.3 Å². The quantitative estimate of drug-likeness (QED) is 0.343. The normalized spacial score (nSPS) is 24.2. The summed E-state index contributed by atoms with van der Waals surface area (Å²) >= 11 is 0. The largest absolute Gasteiger partial charge is 0.493 e. The lowest BCUT2D eigenvalue weighted by Crippen LogP contribution is -2.53. The Kier molecular flexibility index (Phi) is 8.36. The SMILES string of the molecule is CC1C(Cc2ccc(NC(=O)C3=Cc4cc(-c5ccc(N6CCCCC6)cc5)ccc4OCC3)cc2)OCCC1(C)N. The van der Waals surface area contributed by atoms with Crippen molar-refractivity contribution >= 4 is 23.4 Å². The fraction of sp³-hybridized carbons (Fsp3) is 0.417. The molecule has 3 aliphatic rings. The summed E-state index contributed by atoms with van der Waals surface area (Å²) < 4.78 is 12.1. The van der Waals surface area contributed by atoms with Crippen LogP contribution in [0, 0.1) is 5.92 Å². The second-order valence-electron chi connectivity index (χ2n) is 12.4.